The number of benzene rings is 1. The van der Waals surface area contributed by atoms with Gasteiger partial charge in [0.25, 0.3) is 10.0 Å². The molecule has 1 N–H and O–H groups in total. The van der Waals surface area contributed by atoms with E-state index in [-0.39, 0.29) is 4.21 Å². The summed E-state index contributed by atoms with van der Waals surface area (Å²) < 4.78 is 35.2. The van der Waals surface area contributed by atoms with E-state index in [4.69, 9.17) is 4.74 Å². The fourth-order valence-corrected chi connectivity index (χ4v) is 5.24. The fraction of sp³-hybridized carbons (Fsp3) is 0.190. The van der Waals surface area contributed by atoms with E-state index in [2.05, 4.69) is 20.0 Å². The summed E-state index contributed by atoms with van der Waals surface area (Å²) in [5.74, 6) is 1.44. The van der Waals surface area contributed by atoms with Gasteiger partial charge in [-0.2, -0.15) is 5.10 Å². The monoisotopic (exact) mass is 455 g/mol. The van der Waals surface area contributed by atoms with Crippen LogP contribution in [0, 0.1) is 27.7 Å². The summed E-state index contributed by atoms with van der Waals surface area (Å²) in [5, 5.41) is 12.8. The number of rotatable bonds is 6. The second kappa shape index (κ2) is 8.12. The highest BCUT2D eigenvalue weighted by Gasteiger charge is 2.16. The highest BCUT2D eigenvalue weighted by atomic mass is 32.2. The van der Waals surface area contributed by atoms with Crippen molar-refractivity contribution in [1.82, 2.24) is 20.0 Å². The van der Waals surface area contributed by atoms with Crippen molar-refractivity contribution in [1.29, 1.82) is 0 Å². The average Bonchev–Trinajstić information content (AvgIpc) is 3.29. The first-order valence-corrected chi connectivity index (χ1v) is 11.8. The molecule has 0 aliphatic heterocycles. The Bertz CT molecular complexity index is 1320. The van der Waals surface area contributed by atoms with Crippen LogP contribution in [0.4, 0.5) is 5.69 Å². The highest BCUT2D eigenvalue weighted by molar-refractivity contribution is 7.94. The number of hydrogen-bond acceptors (Lipinski definition) is 7. The number of sulfonamides is 1. The zero-order chi connectivity index (χ0) is 22.2. The molecule has 3 aromatic heterocycles. The van der Waals surface area contributed by atoms with Crippen LogP contribution in [0.25, 0.3) is 5.82 Å². The molecular formula is C21H21N5O3S2. The molecule has 4 aromatic rings. The molecule has 0 bridgehead atoms. The van der Waals surface area contributed by atoms with E-state index in [1.807, 2.05) is 27.7 Å². The summed E-state index contributed by atoms with van der Waals surface area (Å²) in [4.78, 5) is 0.934. The van der Waals surface area contributed by atoms with Crippen molar-refractivity contribution in [3.63, 3.8) is 0 Å². The van der Waals surface area contributed by atoms with Crippen molar-refractivity contribution < 1.29 is 13.2 Å². The fourth-order valence-electron chi connectivity index (χ4n) is 2.90. The predicted octanol–water partition coefficient (Wildman–Crippen LogP) is 4.55. The Morgan fingerprint density at radius 1 is 0.935 bits per heavy atom. The number of aromatic nitrogens is 4. The Balaban J connectivity index is 1.45. The topological polar surface area (TPSA) is 99.0 Å². The Hall–Kier alpha value is -3.24. The minimum Gasteiger partial charge on any atom is -0.438 e. The molecular weight excluding hydrogens is 434 g/mol. The molecule has 0 aliphatic carbocycles. The number of hydrogen-bond donors (Lipinski definition) is 1. The SMILES string of the molecule is Cc1ccc(S(=O)(=O)Nc2ccc(Oc3ccc(-n4nc(C)c(C)c4C)nn3)cc2)s1. The van der Waals surface area contributed by atoms with Crippen LogP contribution in [0.1, 0.15) is 21.8 Å². The largest absolute Gasteiger partial charge is 0.438 e. The first kappa shape index (κ1) is 21.0. The number of thiophene rings is 1. The van der Waals surface area contributed by atoms with Crippen molar-refractivity contribution in [3.8, 4) is 17.4 Å². The van der Waals surface area contributed by atoms with Crippen LogP contribution in [-0.4, -0.2) is 28.4 Å². The molecule has 31 heavy (non-hydrogen) atoms. The Kier molecular flexibility index (Phi) is 5.50. The van der Waals surface area contributed by atoms with Crippen LogP contribution in [0.2, 0.25) is 0 Å². The third-order valence-corrected chi connectivity index (χ3v) is 7.68. The molecule has 1 aromatic carbocycles. The lowest BCUT2D eigenvalue weighted by atomic mass is 10.2. The second-order valence-corrected chi connectivity index (χ2v) is 10.2. The van der Waals surface area contributed by atoms with Crippen molar-refractivity contribution >= 4 is 27.0 Å². The molecule has 10 heteroatoms. The van der Waals surface area contributed by atoms with Gasteiger partial charge < -0.3 is 4.74 Å². The van der Waals surface area contributed by atoms with Crippen LogP contribution in [0.5, 0.6) is 11.6 Å². The zero-order valence-corrected chi connectivity index (χ0v) is 19.1. The van der Waals surface area contributed by atoms with Crippen molar-refractivity contribution in [2.75, 3.05) is 4.72 Å². The quantitative estimate of drug-likeness (QED) is 0.458. The molecule has 0 atom stereocenters. The van der Waals surface area contributed by atoms with E-state index in [0.29, 0.717) is 23.1 Å². The molecule has 160 valence electrons. The zero-order valence-electron chi connectivity index (χ0n) is 17.4. The summed E-state index contributed by atoms with van der Waals surface area (Å²) in [6.45, 7) is 7.82. The summed E-state index contributed by atoms with van der Waals surface area (Å²) in [6.07, 6.45) is 0. The summed E-state index contributed by atoms with van der Waals surface area (Å²) in [5.41, 5.74) is 3.52. The minimum atomic E-state index is -3.60. The Labute approximate surface area is 184 Å². The van der Waals surface area contributed by atoms with Crippen molar-refractivity contribution in [3.05, 3.63) is 70.4 Å². The van der Waals surface area contributed by atoms with E-state index in [0.717, 1.165) is 21.8 Å². The molecule has 0 saturated carbocycles. The third-order valence-electron chi connectivity index (χ3n) is 4.81. The van der Waals surface area contributed by atoms with Crippen LogP contribution in [0.15, 0.2) is 52.7 Å². The number of anilines is 1. The van der Waals surface area contributed by atoms with Gasteiger partial charge in [-0.05, 0) is 75.7 Å². The molecule has 3 heterocycles. The molecule has 0 radical (unpaired) electrons. The summed E-state index contributed by atoms with van der Waals surface area (Å²) >= 11 is 1.22. The first-order valence-electron chi connectivity index (χ1n) is 9.47. The normalized spacial score (nSPS) is 11.5. The van der Waals surface area contributed by atoms with E-state index in [1.54, 1.807) is 53.2 Å². The van der Waals surface area contributed by atoms with Gasteiger partial charge in [0.1, 0.15) is 9.96 Å². The van der Waals surface area contributed by atoms with Gasteiger partial charge in [0.15, 0.2) is 5.82 Å². The molecule has 8 nitrogen and oxygen atoms in total. The molecule has 0 unspecified atom stereocenters. The number of nitrogens with one attached hydrogen (secondary N) is 1. The van der Waals surface area contributed by atoms with E-state index in [9.17, 15) is 8.42 Å². The maximum absolute atomic E-state index is 12.4. The maximum Gasteiger partial charge on any atom is 0.271 e. The molecule has 0 fully saturated rings. The predicted molar refractivity (Wildman–Crippen MR) is 120 cm³/mol. The lowest BCUT2D eigenvalue weighted by molar-refractivity contribution is 0.454. The van der Waals surface area contributed by atoms with Gasteiger partial charge in [-0.1, -0.05) is 0 Å². The number of aryl methyl sites for hydroxylation is 2. The number of ether oxygens (including phenoxy) is 1. The van der Waals surface area contributed by atoms with Gasteiger partial charge in [0, 0.05) is 22.3 Å². The standard InChI is InChI=1S/C21H21N5O3S2/c1-13-5-12-21(30-13)31(27,28)25-17-6-8-18(9-7-17)29-20-11-10-19(22-23-20)26-16(4)14(2)15(3)24-26/h5-12,25H,1-4H3. The van der Waals surface area contributed by atoms with Gasteiger partial charge in [-0.25, -0.2) is 13.1 Å². The summed E-state index contributed by atoms with van der Waals surface area (Å²) in [6, 6.07) is 13.5. The summed E-state index contributed by atoms with van der Waals surface area (Å²) in [7, 11) is -3.60. The van der Waals surface area contributed by atoms with Gasteiger partial charge >= 0.3 is 0 Å². The van der Waals surface area contributed by atoms with Crippen molar-refractivity contribution in [2.45, 2.75) is 31.9 Å². The smallest absolute Gasteiger partial charge is 0.271 e. The third kappa shape index (κ3) is 4.44. The maximum atomic E-state index is 12.4. The van der Waals surface area contributed by atoms with Gasteiger partial charge in [-0.3, -0.25) is 4.72 Å². The Morgan fingerprint density at radius 3 is 2.23 bits per heavy atom. The molecule has 4 rings (SSSR count). The molecule has 0 saturated heterocycles. The Morgan fingerprint density at radius 2 is 1.68 bits per heavy atom. The number of nitrogens with zero attached hydrogens (tertiary/aromatic N) is 4. The van der Waals surface area contributed by atoms with Crippen LogP contribution >= 0.6 is 11.3 Å². The lowest BCUT2D eigenvalue weighted by Crippen LogP contribution is -2.11. The molecule has 0 spiro atoms. The van der Waals surface area contributed by atoms with E-state index < -0.39 is 10.0 Å². The van der Waals surface area contributed by atoms with Gasteiger partial charge in [-0.15, -0.1) is 21.5 Å². The van der Waals surface area contributed by atoms with E-state index >= 15 is 0 Å². The van der Waals surface area contributed by atoms with Gasteiger partial charge in [0.05, 0.1) is 5.69 Å². The highest BCUT2D eigenvalue weighted by Crippen LogP contribution is 2.26. The first-order chi connectivity index (χ1) is 14.7. The van der Waals surface area contributed by atoms with Crippen LogP contribution < -0.4 is 9.46 Å². The molecule has 0 aliphatic rings. The minimum absolute atomic E-state index is 0.276. The van der Waals surface area contributed by atoms with Crippen molar-refractivity contribution in [2.24, 2.45) is 0 Å². The second-order valence-electron chi connectivity index (χ2n) is 7.03. The van der Waals surface area contributed by atoms with Crippen LogP contribution in [-0.2, 0) is 10.0 Å². The van der Waals surface area contributed by atoms with E-state index in [1.165, 1.54) is 11.3 Å². The average molecular weight is 456 g/mol. The molecule has 0 amide bonds. The lowest BCUT2D eigenvalue weighted by Gasteiger charge is -2.08. The van der Waals surface area contributed by atoms with Gasteiger partial charge in [0.2, 0.25) is 5.88 Å². The van der Waals surface area contributed by atoms with Crippen LogP contribution in [0.3, 0.4) is 0 Å².